The van der Waals surface area contributed by atoms with Gasteiger partial charge in [-0.15, -0.1) is 11.3 Å². The van der Waals surface area contributed by atoms with Crippen molar-refractivity contribution in [2.45, 2.75) is 18.9 Å². The number of carbonyl (C=O) groups is 2. The van der Waals surface area contributed by atoms with E-state index in [9.17, 15) is 9.59 Å². The molecule has 0 spiro atoms. The largest absolute Gasteiger partial charge is 0.352 e. The summed E-state index contributed by atoms with van der Waals surface area (Å²) in [5, 5.41) is 5.41. The molecule has 1 N–H and O–H groups in total. The highest BCUT2D eigenvalue weighted by Gasteiger charge is 2.25. The molecule has 2 amide bonds. The van der Waals surface area contributed by atoms with Gasteiger partial charge in [-0.1, -0.05) is 30.3 Å². The quantitative estimate of drug-likeness (QED) is 0.920. The molecule has 0 bridgehead atoms. The second-order valence-electron chi connectivity index (χ2n) is 5.41. The lowest BCUT2D eigenvalue weighted by atomic mass is 10.2. The summed E-state index contributed by atoms with van der Waals surface area (Å²) >= 11 is 1.43. The fourth-order valence-electron chi connectivity index (χ4n) is 2.07. The van der Waals surface area contributed by atoms with E-state index in [2.05, 4.69) is 10.3 Å². The van der Waals surface area contributed by atoms with Crippen LogP contribution in [0.25, 0.3) is 10.6 Å². The summed E-state index contributed by atoms with van der Waals surface area (Å²) < 4.78 is 0. The molecule has 1 aromatic carbocycles. The molecule has 1 aliphatic carbocycles. The zero-order chi connectivity index (χ0) is 15.5. The number of amides is 2. The Bertz CT molecular complexity index is 680. The van der Waals surface area contributed by atoms with Crippen LogP contribution in [0.15, 0.2) is 35.7 Å². The smallest absolute Gasteiger partial charge is 0.273 e. The van der Waals surface area contributed by atoms with Crippen molar-refractivity contribution in [1.82, 2.24) is 15.2 Å². The Hall–Kier alpha value is -2.21. The van der Waals surface area contributed by atoms with Gasteiger partial charge in [0.2, 0.25) is 5.91 Å². The van der Waals surface area contributed by atoms with Gasteiger partial charge in [0.05, 0.1) is 6.54 Å². The molecule has 1 aromatic heterocycles. The maximum Gasteiger partial charge on any atom is 0.273 e. The monoisotopic (exact) mass is 315 g/mol. The van der Waals surface area contributed by atoms with Crippen molar-refractivity contribution < 1.29 is 9.59 Å². The van der Waals surface area contributed by atoms with Gasteiger partial charge in [-0.05, 0) is 12.8 Å². The van der Waals surface area contributed by atoms with Gasteiger partial charge >= 0.3 is 0 Å². The number of benzene rings is 1. The summed E-state index contributed by atoms with van der Waals surface area (Å²) in [5.41, 5.74) is 1.37. The molecule has 2 aromatic rings. The standard InChI is InChI=1S/C16H17N3O2S/c1-19(9-14(20)17-12-7-8-12)16(21)13-10-22-15(18-13)11-5-3-2-4-6-11/h2-6,10,12H,7-9H2,1H3,(H,17,20). The van der Waals surface area contributed by atoms with Crippen molar-refractivity contribution in [2.24, 2.45) is 0 Å². The number of thiazole rings is 1. The first-order chi connectivity index (χ1) is 10.6. The minimum Gasteiger partial charge on any atom is -0.352 e. The van der Waals surface area contributed by atoms with Gasteiger partial charge in [-0.2, -0.15) is 0 Å². The van der Waals surface area contributed by atoms with Gasteiger partial charge in [0.1, 0.15) is 10.7 Å². The normalized spacial score (nSPS) is 13.7. The predicted molar refractivity (Wildman–Crippen MR) is 85.7 cm³/mol. The molecule has 22 heavy (non-hydrogen) atoms. The molecule has 0 atom stereocenters. The van der Waals surface area contributed by atoms with Crippen LogP contribution in [-0.2, 0) is 4.79 Å². The molecular weight excluding hydrogens is 298 g/mol. The number of hydrogen-bond donors (Lipinski definition) is 1. The summed E-state index contributed by atoms with van der Waals surface area (Å²) in [4.78, 5) is 29.8. The maximum absolute atomic E-state index is 12.3. The zero-order valence-electron chi connectivity index (χ0n) is 12.3. The van der Waals surface area contributed by atoms with Crippen LogP contribution in [0.4, 0.5) is 0 Å². The first-order valence-corrected chi connectivity index (χ1v) is 8.07. The van der Waals surface area contributed by atoms with Gasteiger partial charge < -0.3 is 10.2 Å². The molecule has 6 heteroatoms. The first kappa shape index (κ1) is 14.7. The van der Waals surface area contributed by atoms with Crippen molar-refractivity contribution in [3.63, 3.8) is 0 Å². The SMILES string of the molecule is CN(CC(=O)NC1CC1)C(=O)c1csc(-c2ccccc2)n1. The van der Waals surface area contributed by atoms with E-state index in [1.54, 1.807) is 12.4 Å². The zero-order valence-corrected chi connectivity index (χ0v) is 13.1. The summed E-state index contributed by atoms with van der Waals surface area (Å²) in [6, 6.07) is 10.0. The van der Waals surface area contributed by atoms with E-state index in [1.807, 2.05) is 30.3 Å². The van der Waals surface area contributed by atoms with Gasteiger partial charge in [-0.25, -0.2) is 4.98 Å². The minimum absolute atomic E-state index is 0.0630. The van der Waals surface area contributed by atoms with Crippen LogP contribution in [0.3, 0.4) is 0 Å². The van der Waals surface area contributed by atoms with Gasteiger partial charge in [0, 0.05) is 24.0 Å². The lowest BCUT2D eigenvalue weighted by Crippen LogP contribution is -2.39. The third-order valence-corrected chi connectivity index (χ3v) is 4.31. The Labute approximate surface area is 133 Å². The number of rotatable bonds is 5. The van der Waals surface area contributed by atoms with Crippen LogP contribution < -0.4 is 5.32 Å². The van der Waals surface area contributed by atoms with E-state index in [4.69, 9.17) is 0 Å². The van der Waals surface area contributed by atoms with E-state index >= 15 is 0 Å². The molecule has 0 aliphatic heterocycles. The highest BCUT2D eigenvalue weighted by atomic mass is 32.1. The van der Waals surface area contributed by atoms with Crippen LogP contribution in [0, 0.1) is 0 Å². The van der Waals surface area contributed by atoms with Crippen molar-refractivity contribution in [1.29, 1.82) is 0 Å². The molecular formula is C16H17N3O2S. The maximum atomic E-state index is 12.3. The second kappa shape index (κ2) is 6.27. The van der Waals surface area contributed by atoms with Crippen LogP contribution in [-0.4, -0.2) is 41.3 Å². The van der Waals surface area contributed by atoms with E-state index in [0.717, 1.165) is 23.4 Å². The molecule has 1 fully saturated rings. The minimum atomic E-state index is -0.232. The number of carbonyl (C=O) groups excluding carboxylic acids is 2. The number of aromatic nitrogens is 1. The third kappa shape index (κ3) is 3.51. The molecule has 3 rings (SSSR count). The Morgan fingerprint density at radius 3 is 2.73 bits per heavy atom. The van der Waals surface area contributed by atoms with E-state index < -0.39 is 0 Å². The van der Waals surface area contributed by atoms with E-state index in [-0.39, 0.29) is 18.4 Å². The van der Waals surface area contributed by atoms with Crippen LogP contribution in [0.1, 0.15) is 23.3 Å². The Balaban J connectivity index is 1.64. The molecule has 1 heterocycles. The first-order valence-electron chi connectivity index (χ1n) is 7.19. The summed E-state index contributed by atoms with van der Waals surface area (Å²) in [6.45, 7) is 0.0630. The Morgan fingerprint density at radius 2 is 2.05 bits per heavy atom. The molecule has 0 saturated heterocycles. The number of hydrogen-bond acceptors (Lipinski definition) is 4. The van der Waals surface area contributed by atoms with Crippen molar-refractivity contribution in [3.8, 4) is 10.6 Å². The summed E-state index contributed by atoms with van der Waals surface area (Å²) in [7, 11) is 1.62. The Morgan fingerprint density at radius 1 is 1.32 bits per heavy atom. The molecule has 1 saturated carbocycles. The van der Waals surface area contributed by atoms with Gasteiger partial charge in [-0.3, -0.25) is 9.59 Å². The highest BCUT2D eigenvalue weighted by Crippen LogP contribution is 2.23. The van der Waals surface area contributed by atoms with Crippen molar-refractivity contribution >= 4 is 23.2 Å². The lowest BCUT2D eigenvalue weighted by Gasteiger charge is -2.15. The van der Waals surface area contributed by atoms with Crippen LogP contribution in [0.2, 0.25) is 0 Å². The van der Waals surface area contributed by atoms with Crippen molar-refractivity contribution in [2.75, 3.05) is 13.6 Å². The third-order valence-electron chi connectivity index (χ3n) is 3.41. The van der Waals surface area contributed by atoms with Gasteiger partial charge in [0.15, 0.2) is 0 Å². The predicted octanol–water partition coefficient (Wildman–Crippen LogP) is 2.16. The average Bonchev–Trinajstić information content (AvgIpc) is 3.19. The topological polar surface area (TPSA) is 62.3 Å². The fourth-order valence-corrected chi connectivity index (χ4v) is 2.87. The molecule has 1 aliphatic rings. The van der Waals surface area contributed by atoms with Crippen LogP contribution in [0.5, 0.6) is 0 Å². The van der Waals surface area contributed by atoms with E-state index in [0.29, 0.717) is 11.7 Å². The number of nitrogens with zero attached hydrogens (tertiary/aromatic N) is 2. The second-order valence-corrected chi connectivity index (χ2v) is 6.27. The van der Waals surface area contributed by atoms with E-state index in [1.165, 1.54) is 16.2 Å². The fraction of sp³-hybridized carbons (Fsp3) is 0.312. The molecule has 0 unspecified atom stereocenters. The summed E-state index contributed by atoms with van der Waals surface area (Å²) in [5.74, 6) is -0.346. The molecule has 0 radical (unpaired) electrons. The molecule has 114 valence electrons. The van der Waals surface area contributed by atoms with Gasteiger partial charge in [0.25, 0.3) is 5.91 Å². The number of nitrogens with one attached hydrogen (secondary N) is 1. The van der Waals surface area contributed by atoms with Crippen LogP contribution >= 0.6 is 11.3 Å². The Kier molecular flexibility index (Phi) is 4.20. The number of likely N-dealkylation sites (N-methyl/N-ethyl adjacent to an activating group) is 1. The lowest BCUT2D eigenvalue weighted by molar-refractivity contribution is -0.121. The summed E-state index contributed by atoms with van der Waals surface area (Å²) in [6.07, 6.45) is 2.08. The highest BCUT2D eigenvalue weighted by molar-refractivity contribution is 7.13. The average molecular weight is 315 g/mol. The molecule has 5 nitrogen and oxygen atoms in total. The van der Waals surface area contributed by atoms with Crippen molar-refractivity contribution in [3.05, 3.63) is 41.4 Å².